The first-order valence-corrected chi connectivity index (χ1v) is 7.41. The fraction of sp³-hybridized carbons (Fsp3) is 0.765. The van der Waals surface area contributed by atoms with Gasteiger partial charge in [-0.25, -0.2) is 0 Å². The zero-order chi connectivity index (χ0) is 15.6. The van der Waals surface area contributed by atoms with Crippen LogP contribution in [0.5, 0.6) is 0 Å². The number of hydrogen-bond donors (Lipinski definition) is 0. The Morgan fingerprint density at radius 3 is 2.45 bits per heavy atom. The molecule has 1 atom stereocenters. The maximum Gasteiger partial charge on any atom is 0.124 e. The molecular weight excluding hydrogens is 252 g/mol. The number of hydrogen-bond acceptors (Lipinski definition) is 3. The quantitative estimate of drug-likeness (QED) is 0.303. The van der Waals surface area contributed by atoms with E-state index in [0.717, 1.165) is 19.4 Å². The Bertz CT molecular complexity index is 282. The van der Waals surface area contributed by atoms with Gasteiger partial charge in [-0.1, -0.05) is 26.5 Å². The van der Waals surface area contributed by atoms with Gasteiger partial charge in [0.2, 0.25) is 0 Å². The van der Waals surface area contributed by atoms with Gasteiger partial charge in [-0.05, 0) is 33.1 Å². The largest absolute Gasteiger partial charge is 0.493 e. The van der Waals surface area contributed by atoms with Gasteiger partial charge in [0.15, 0.2) is 0 Å². The third-order valence-electron chi connectivity index (χ3n) is 2.81. The zero-order valence-electron chi connectivity index (χ0n) is 13.9. The molecule has 0 bridgehead atoms. The van der Waals surface area contributed by atoms with Crippen molar-refractivity contribution in [1.82, 2.24) is 0 Å². The van der Waals surface area contributed by atoms with E-state index in [4.69, 9.17) is 14.2 Å². The lowest BCUT2D eigenvalue weighted by Gasteiger charge is -2.30. The molecule has 0 amide bonds. The Morgan fingerprint density at radius 2 is 1.95 bits per heavy atom. The molecule has 0 aliphatic carbocycles. The van der Waals surface area contributed by atoms with Gasteiger partial charge in [0, 0.05) is 13.0 Å². The van der Waals surface area contributed by atoms with Crippen molar-refractivity contribution in [3.05, 3.63) is 25.0 Å². The predicted molar refractivity (Wildman–Crippen MR) is 84.8 cm³/mol. The predicted octanol–water partition coefficient (Wildman–Crippen LogP) is 4.34. The van der Waals surface area contributed by atoms with E-state index in [1.54, 1.807) is 6.08 Å². The first-order valence-electron chi connectivity index (χ1n) is 7.41. The molecule has 0 saturated heterocycles. The number of rotatable bonds is 12. The first kappa shape index (κ1) is 19.2. The highest BCUT2D eigenvalue weighted by Crippen LogP contribution is 2.21. The highest BCUT2D eigenvalue weighted by atomic mass is 16.5. The van der Waals surface area contributed by atoms with Crippen molar-refractivity contribution in [2.45, 2.75) is 59.2 Å². The molecule has 0 fully saturated rings. The van der Waals surface area contributed by atoms with Crippen molar-refractivity contribution in [2.24, 2.45) is 5.92 Å². The van der Waals surface area contributed by atoms with E-state index in [2.05, 4.69) is 40.9 Å². The van der Waals surface area contributed by atoms with Gasteiger partial charge in [-0.2, -0.15) is 0 Å². The van der Waals surface area contributed by atoms with Crippen molar-refractivity contribution in [3.8, 4) is 0 Å². The average molecular weight is 284 g/mol. The smallest absolute Gasteiger partial charge is 0.124 e. The Kier molecular flexibility index (Phi) is 9.60. The fourth-order valence-electron chi connectivity index (χ4n) is 1.88. The van der Waals surface area contributed by atoms with E-state index in [0.29, 0.717) is 24.9 Å². The number of ether oxygens (including phenoxy) is 3. The summed E-state index contributed by atoms with van der Waals surface area (Å²) in [6, 6.07) is 0. The van der Waals surface area contributed by atoms with Crippen molar-refractivity contribution in [2.75, 3.05) is 19.8 Å². The maximum absolute atomic E-state index is 5.97. The van der Waals surface area contributed by atoms with E-state index in [1.165, 1.54) is 0 Å². The highest BCUT2D eigenvalue weighted by Gasteiger charge is 2.25. The van der Waals surface area contributed by atoms with Crippen LogP contribution in [0.2, 0.25) is 0 Å². The summed E-state index contributed by atoms with van der Waals surface area (Å²) in [5.74, 6) is 1.36. The molecule has 1 unspecified atom stereocenters. The molecule has 20 heavy (non-hydrogen) atoms. The summed E-state index contributed by atoms with van der Waals surface area (Å²) in [7, 11) is 0. The van der Waals surface area contributed by atoms with Crippen LogP contribution in [-0.2, 0) is 14.2 Å². The van der Waals surface area contributed by atoms with Gasteiger partial charge in [-0.15, -0.1) is 6.58 Å². The lowest BCUT2D eigenvalue weighted by atomic mass is 10.0. The van der Waals surface area contributed by atoms with Crippen LogP contribution < -0.4 is 0 Å². The minimum atomic E-state index is -0.230. The van der Waals surface area contributed by atoms with Gasteiger partial charge in [-0.3, -0.25) is 0 Å². The van der Waals surface area contributed by atoms with Crippen LogP contribution in [0.15, 0.2) is 25.0 Å². The third kappa shape index (κ3) is 11.1. The van der Waals surface area contributed by atoms with E-state index in [1.807, 2.05) is 6.92 Å². The van der Waals surface area contributed by atoms with E-state index in [9.17, 15) is 0 Å². The van der Waals surface area contributed by atoms with Gasteiger partial charge < -0.3 is 14.2 Å². The van der Waals surface area contributed by atoms with Crippen LogP contribution in [0.3, 0.4) is 0 Å². The van der Waals surface area contributed by atoms with Crippen molar-refractivity contribution < 1.29 is 14.2 Å². The lowest BCUT2D eigenvalue weighted by Crippen LogP contribution is -2.34. The Hall–Kier alpha value is -0.800. The first-order chi connectivity index (χ1) is 9.26. The van der Waals surface area contributed by atoms with Crippen LogP contribution in [0.4, 0.5) is 0 Å². The molecule has 0 aliphatic heterocycles. The molecule has 0 aromatic rings. The molecule has 3 nitrogen and oxygen atoms in total. The highest BCUT2D eigenvalue weighted by molar-refractivity contribution is 4.82. The summed E-state index contributed by atoms with van der Waals surface area (Å²) < 4.78 is 17.2. The van der Waals surface area contributed by atoms with E-state index >= 15 is 0 Å². The van der Waals surface area contributed by atoms with Crippen molar-refractivity contribution in [3.63, 3.8) is 0 Å². The SMILES string of the molecule is C=CCOCC(CC(C)(C)OCCC(C)C)OC(=C)C. The van der Waals surface area contributed by atoms with Crippen molar-refractivity contribution >= 4 is 0 Å². The van der Waals surface area contributed by atoms with Crippen LogP contribution in [0.25, 0.3) is 0 Å². The Morgan fingerprint density at radius 1 is 1.30 bits per heavy atom. The Balaban J connectivity index is 4.28. The molecule has 0 aromatic carbocycles. The molecule has 3 heteroatoms. The summed E-state index contributed by atoms with van der Waals surface area (Å²) in [6.07, 6.45) is 3.54. The molecule has 0 rings (SSSR count). The molecule has 0 aliphatic rings. The second-order valence-corrected chi connectivity index (χ2v) is 6.26. The monoisotopic (exact) mass is 284 g/mol. The zero-order valence-corrected chi connectivity index (χ0v) is 13.9. The molecule has 0 radical (unpaired) electrons. The van der Waals surface area contributed by atoms with Crippen molar-refractivity contribution in [1.29, 1.82) is 0 Å². The topological polar surface area (TPSA) is 27.7 Å². The lowest BCUT2D eigenvalue weighted by molar-refractivity contribution is -0.0727. The fourth-order valence-corrected chi connectivity index (χ4v) is 1.88. The van der Waals surface area contributed by atoms with Crippen LogP contribution in [0.1, 0.15) is 47.5 Å². The maximum atomic E-state index is 5.97. The summed E-state index contributed by atoms with van der Waals surface area (Å²) >= 11 is 0. The van der Waals surface area contributed by atoms with Gasteiger partial charge in [0.1, 0.15) is 6.10 Å². The minimum Gasteiger partial charge on any atom is -0.493 e. The average Bonchev–Trinajstić information content (AvgIpc) is 2.26. The summed E-state index contributed by atoms with van der Waals surface area (Å²) in [5, 5.41) is 0. The molecule has 0 saturated carbocycles. The summed E-state index contributed by atoms with van der Waals surface area (Å²) in [5.41, 5.74) is -0.230. The van der Waals surface area contributed by atoms with Crippen LogP contribution in [-0.4, -0.2) is 31.5 Å². The normalized spacial score (nSPS) is 13.3. The summed E-state index contributed by atoms with van der Waals surface area (Å²) in [4.78, 5) is 0. The third-order valence-corrected chi connectivity index (χ3v) is 2.81. The summed E-state index contributed by atoms with van der Waals surface area (Å²) in [6.45, 7) is 19.7. The Labute approximate surface area is 125 Å². The molecule has 0 N–H and O–H groups in total. The standard InChI is InChI=1S/C17H32O3/c1-8-10-18-13-16(20-15(4)5)12-17(6,7)19-11-9-14(2)3/h8,14,16H,1,4,9-13H2,2-3,5-7H3. The van der Waals surface area contributed by atoms with Gasteiger partial charge in [0.05, 0.1) is 24.6 Å². The van der Waals surface area contributed by atoms with Crippen LogP contribution >= 0.6 is 0 Å². The minimum absolute atomic E-state index is 0.0403. The molecule has 118 valence electrons. The second-order valence-electron chi connectivity index (χ2n) is 6.26. The second kappa shape index (κ2) is 10.0. The molecular formula is C17H32O3. The van der Waals surface area contributed by atoms with Crippen LogP contribution in [0, 0.1) is 5.92 Å². The number of allylic oxidation sites excluding steroid dienone is 1. The van der Waals surface area contributed by atoms with E-state index in [-0.39, 0.29) is 11.7 Å². The molecule has 0 spiro atoms. The van der Waals surface area contributed by atoms with Gasteiger partial charge in [0.25, 0.3) is 0 Å². The van der Waals surface area contributed by atoms with E-state index < -0.39 is 0 Å². The molecule has 0 heterocycles. The van der Waals surface area contributed by atoms with Gasteiger partial charge >= 0.3 is 0 Å². The molecule has 0 aromatic heterocycles.